The Morgan fingerprint density at radius 3 is 2.64 bits per heavy atom. The molecule has 1 aliphatic carbocycles. The third-order valence-corrected chi connectivity index (χ3v) is 2.18. The van der Waals surface area contributed by atoms with Crippen LogP contribution < -0.4 is 0 Å². The molecule has 3 nitrogen and oxygen atoms in total. The minimum Gasteiger partial charge on any atom is -0.283 e. The lowest BCUT2D eigenvalue weighted by molar-refractivity contribution is -0.439. The molecule has 0 aromatic carbocycles. The van der Waals surface area contributed by atoms with Crippen molar-refractivity contribution in [3.63, 3.8) is 0 Å². The van der Waals surface area contributed by atoms with E-state index < -0.39 is 0 Å². The average Bonchev–Trinajstić information content (AvgIpc) is 2.47. The van der Waals surface area contributed by atoms with Gasteiger partial charge in [-0.15, -0.1) is 0 Å². The van der Waals surface area contributed by atoms with E-state index in [2.05, 4.69) is 6.58 Å². The number of nitroso groups, excluding NO2 is 1. The fourth-order valence-corrected chi connectivity index (χ4v) is 1.32. The number of hydrogen-bond donors (Lipinski definition) is 0. The van der Waals surface area contributed by atoms with Crippen LogP contribution in [0.2, 0.25) is 0 Å². The van der Waals surface area contributed by atoms with Crippen molar-refractivity contribution in [2.45, 2.75) is 13.3 Å². The molecule has 0 unspecified atom stereocenters. The predicted molar refractivity (Wildman–Crippen MR) is 52.8 cm³/mol. The van der Waals surface area contributed by atoms with Gasteiger partial charge in [0, 0.05) is 12.5 Å². The van der Waals surface area contributed by atoms with E-state index in [-0.39, 0.29) is 5.91 Å². The minimum atomic E-state index is -0.186. The zero-order valence-corrected chi connectivity index (χ0v) is 7.99. The van der Waals surface area contributed by atoms with Gasteiger partial charge in [0.15, 0.2) is 0 Å². The average molecular weight is 189 g/mol. The zero-order chi connectivity index (χ0) is 10.1. The van der Waals surface area contributed by atoms with Crippen molar-refractivity contribution >= 4 is 5.91 Å². The Morgan fingerprint density at radius 2 is 2.14 bits per heavy atom. The SMILES string of the molecule is C=C1C(=O)[N+]([C-]2C=CCC=C2)=[O+][C-]1C. The Hall–Kier alpha value is -1.77. The number of nitrogens with zero attached hydrogens (tertiary/aromatic N) is 1. The number of hydrogen-bond acceptors (Lipinski definition) is 1. The highest BCUT2D eigenvalue weighted by molar-refractivity contribution is 5.92. The highest BCUT2D eigenvalue weighted by Gasteiger charge is 2.43. The molecule has 0 atom stereocenters. The highest BCUT2D eigenvalue weighted by Crippen LogP contribution is 2.25. The van der Waals surface area contributed by atoms with Gasteiger partial charge in [-0.25, -0.2) is 0 Å². The van der Waals surface area contributed by atoms with E-state index >= 15 is 0 Å². The van der Waals surface area contributed by atoms with E-state index in [0.717, 1.165) is 12.5 Å². The normalized spacial score (nSPS) is 20.8. The number of rotatable bonds is 1. The molecule has 0 aromatic rings. The maximum Gasteiger partial charge on any atom is 0.399 e. The molecule has 0 N–H and O–H groups in total. The first-order valence-corrected chi connectivity index (χ1v) is 4.45. The van der Waals surface area contributed by atoms with Gasteiger partial charge in [0.1, 0.15) is 4.76 Å². The summed E-state index contributed by atoms with van der Waals surface area (Å²) in [6.07, 6.45) is 9.14. The maximum absolute atomic E-state index is 11.6. The monoisotopic (exact) mass is 189 g/mol. The summed E-state index contributed by atoms with van der Waals surface area (Å²) in [5.74, 6) is -0.186. The third-order valence-electron chi connectivity index (χ3n) is 2.18. The van der Waals surface area contributed by atoms with Crippen LogP contribution in [0.3, 0.4) is 0 Å². The van der Waals surface area contributed by atoms with Crippen LogP contribution in [-0.4, -0.2) is 10.7 Å². The van der Waals surface area contributed by atoms with Gasteiger partial charge in [0.25, 0.3) is 0 Å². The molecule has 0 radical (unpaired) electrons. The van der Waals surface area contributed by atoms with Gasteiger partial charge in [0.2, 0.25) is 6.04 Å². The van der Waals surface area contributed by atoms with Gasteiger partial charge in [0.05, 0.1) is 0 Å². The molecule has 0 saturated heterocycles. The van der Waals surface area contributed by atoms with E-state index in [1.54, 1.807) is 6.92 Å². The van der Waals surface area contributed by atoms with Crippen molar-refractivity contribution in [3.8, 4) is 0 Å². The second-order valence-corrected chi connectivity index (χ2v) is 3.19. The molecular formula is C11H11NO2. The second kappa shape index (κ2) is 3.18. The Labute approximate surface area is 82.7 Å². The van der Waals surface area contributed by atoms with Gasteiger partial charge < -0.3 is 0 Å². The molecule has 0 spiro atoms. The number of carbonyl (C=O) groups is 1. The first-order valence-electron chi connectivity index (χ1n) is 4.45. The Bertz CT molecular complexity index is 365. The van der Waals surface area contributed by atoms with Crippen LogP contribution >= 0.6 is 0 Å². The van der Waals surface area contributed by atoms with Crippen LogP contribution in [-0.2, 0) is 4.79 Å². The summed E-state index contributed by atoms with van der Waals surface area (Å²) in [6.45, 7) is 5.38. The van der Waals surface area contributed by atoms with Crippen molar-refractivity contribution in [3.05, 3.63) is 53.1 Å². The molecule has 2 rings (SSSR count). The number of carbonyl (C=O) groups excluding carboxylic acids is 1. The van der Waals surface area contributed by atoms with Crippen LogP contribution in [0.1, 0.15) is 13.3 Å². The smallest absolute Gasteiger partial charge is 0.283 e. The van der Waals surface area contributed by atoms with Crippen LogP contribution in [0.4, 0.5) is 0 Å². The summed E-state index contributed by atoms with van der Waals surface area (Å²) in [6, 6.07) is 0.749. The lowest BCUT2D eigenvalue weighted by atomic mass is 10.1. The van der Waals surface area contributed by atoms with E-state index in [1.165, 1.54) is 4.76 Å². The summed E-state index contributed by atoms with van der Waals surface area (Å²) in [4.78, 5) is 11.6. The molecular weight excluding hydrogens is 178 g/mol. The van der Waals surface area contributed by atoms with Crippen LogP contribution in [0, 0.1) is 16.7 Å². The zero-order valence-electron chi connectivity index (χ0n) is 7.99. The fourth-order valence-electron chi connectivity index (χ4n) is 1.32. The van der Waals surface area contributed by atoms with Crippen molar-refractivity contribution in [1.82, 2.24) is 0 Å². The van der Waals surface area contributed by atoms with Crippen LogP contribution in [0.5, 0.6) is 0 Å². The Morgan fingerprint density at radius 1 is 1.50 bits per heavy atom. The standard InChI is InChI=1S/C11H11NO2/c1-8-9(2)14-12(11(8)13)10-6-4-3-5-7-10/h4-7H,1,3H2,2H3. The van der Waals surface area contributed by atoms with E-state index in [9.17, 15) is 4.79 Å². The molecule has 1 amide bonds. The van der Waals surface area contributed by atoms with E-state index in [1.807, 2.05) is 24.3 Å². The van der Waals surface area contributed by atoms with Gasteiger partial charge in [-0.3, -0.25) is 4.79 Å². The van der Waals surface area contributed by atoms with Crippen molar-refractivity contribution in [1.29, 1.82) is 0 Å². The predicted octanol–water partition coefficient (Wildman–Crippen LogP) is 2.00. The van der Waals surface area contributed by atoms with Gasteiger partial charge in [-0.1, -0.05) is 18.6 Å². The Kier molecular flexibility index (Phi) is 2.00. The summed E-state index contributed by atoms with van der Waals surface area (Å²) >= 11 is 0. The van der Waals surface area contributed by atoms with Crippen molar-refractivity contribution < 1.29 is 9.55 Å². The molecule has 0 saturated carbocycles. The first kappa shape index (κ1) is 8.81. The third kappa shape index (κ3) is 1.27. The number of allylic oxidation sites excluding steroid dienone is 2. The van der Waals surface area contributed by atoms with Gasteiger partial charge >= 0.3 is 12.0 Å². The molecule has 3 heteroatoms. The lowest BCUT2D eigenvalue weighted by Crippen LogP contribution is -2.19. The van der Waals surface area contributed by atoms with Gasteiger partial charge in [-0.05, 0) is 4.54 Å². The topological polar surface area (TPSA) is 31.4 Å². The quantitative estimate of drug-likeness (QED) is 0.268. The highest BCUT2D eigenvalue weighted by atomic mass is 16.5. The lowest BCUT2D eigenvalue weighted by Gasteiger charge is -2.02. The van der Waals surface area contributed by atoms with E-state index in [0.29, 0.717) is 11.7 Å². The fraction of sp³-hybridized carbons (Fsp3) is 0.182. The summed E-state index contributed by atoms with van der Waals surface area (Å²) in [7, 11) is 0. The summed E-state index contributed by atoms with van der Waals surface area (Å²) in [5, 5.41) is 0. The maximum atomic E-state index is 11.6. The Balaban J connectivity index is 2.27. The van der Waals surface area contributed by atoms with Gasteiger partial charge in [-0.2, -0.15) is 18.7 Å². The van der Waals surface area contributed by atoms with Crippen molar-refractivity contribution in [2.24, 2.45) is 0 Å². The van der Waals surface area contributed by atoms with Crippen LogP contribution in [0.25, 0.3) is 0 Å². The molecule has 0 aromatic heterocycles. The molecule has 2 aliphatic rings. The molecule has 1 heterocycles. The molecule has 72 valence electrons. The van der Waals surface area contributed by atoms with E-state index in [4.69, 9.17) is 4.54 Å². The summed E-state index contributed by atoms with van der Waals surface area (Å²) in [5.41, 5.74) is 0.421. The molecule has 14 heavy (non-hydrogen) atoms. The molecule has 1 aliphatic heterocycles. The minimum absolute atomic E-state index is 0.186. The molecule has 0 fully saturated rings. The first-order chi connectivity index (χ1) is 6.70. The number of amides is 1. The van der Waals surface area contributed by atoms with Crippen molar-refractivity contribution in [2.75, 3.05) is 0 Å². The summed E-state index contributed by atoms with van der Waals surface area (Å²) < 4.78 is 6.55. The largest absolute Gasteiger partial charge is 0.399 e. The second-order valence-electron chi connectivity index (χ2n) is 3.19. The molecule has 0 bridgehead atoms. The van der Waals surface area contributed by atoms with Crippen LogP contribution in [0.15, 0.2) is 36.5 Å².